The van der Waals surface area contributed by atoms with Crippen molar-refractivity contribution in [1.82, 2.24) is 0 Å². The van der Waals surface area contributed by atoms with Crippen molar-refractivity contribution in [3.05, 3.63) is 71.3 Å². The lowest BCUT2D eigenvalue weighted by atomic mass is 10.0. The monoisotopic (exact) mass is 349 g/mol. The average Bonchev–Trinajstić information content (AvgIpc) is 2.69. The van der Waals surface area contributed by atoms with Crippen LogP contribution >= 0.6 is 0 Å². The molecule has 0 saturated carbocycles. The normalized spacial score (nSPS) is 11.7. The van der Waals surface area contributed by atoms with Crippen LogP contribution < -0.4 is 0 Å². The van der Waals surface area contributed by atoms with Crippen molar-refractivity contribution in [3.8, 4) is 0 Å². The molecule has 0 heterocycles. The molecule has 0 atom stereocenters. The minimum absolute atomic E-state index is 0.366. The van der Waals surface area contributed by atoms with E-state index < -0.39 is 0 Å². The van der Waals surface area contributed by atoms with Crippen LogP contribution in [0.5, 0.6) is 0 Å². The van der Waals surface area contributed by atoms with E-state index in [-0.39, 0.29) is 5.97 Å². The highest BCUT2D eigenvalue weighted by molar-refractivity contribution is 5.96. The molecule has 2 rings (SSSR count). The molecule has 0 saturated heterocycles. The van der Waals surface area contributed by atoms with Crippen LogP contribution in [-0.4, -0.2) is 19.3 Å². The van der Waals surface area contributed by atoms with E-state index in [2.05, 4.69) is 30.1 Å². The molecule has 0 unspecified atom stereocenters. The third kappa shape index (κ3) is 6.32. The molecule has 0 spiro atoms. The zero-order valence-corrected chi connectivity index (χ0v) is 15.7. The van der Waals surface area contributed by atoms with Crippen LogP contribution in [0, 0.1) is 0 Å². The first-order valence-corrected chi connectivity index (χ1v) is 9.21. The average molecular weight is 349 g/mol. The van der Waals surface area contributed by atoms with Crippen molar-refractivity contribution >= 4 is 23.9 Å². The highest BCUT2D eigenvalue weighted by Gasteiger charge is 2.09. The second kappa shape index (κ2) is 11.0. The molecular weight excluding hydrogens is 322 g/mol. The Bertz CT molecular complexity index is 748. The van der Waals surface area contributed by atoms with Gasteiger partial charge in [-0.3, -0.25) is 4.99 Å². The smallest absolute Gasteiger partial charge is 0.340 e. The fourth-order valence-corrected chi connectivity index (χ4v) is 2.71. The highest BCUT2D eigenvalue weighted by Crippen LogP contribution is 2.21. The lowest BCUT2D eigenvalue weighted by Crippen LogP contribution is -2.01. The van der Waals surface area contributed by atoms with E-state index in [0.29, 0.717) is 11.3 Å². The number of aliphatic imine (C=N–C) groups is 1. The van der Waals surface area contributed by atoms with Crippen molar-refractivity contribution in [2.75, 3.05) is 7.11 Å². The van der Waals surface area contributed by atoms with Crippen molar-refractivity contribution in [3.63, 3.8) is 0 Å². The summed E-state index contributed by atoms with van der Waals surface area (Å²) in [7, 11) is 1.39. The number of rotatable bonds is 9. The summed E-state index contributed by atoms with van der Waals surface area (Å²) in [6.45, 7) is 2.21. The number of esters is 1. The molecule has 0 amide bonds. The molecule has 0 bridgehead atoms. The Morgan fingerprint density at radius 1 is 1.00 bits per heavy atom. The van der Waals surface area contributed by atoms with E-state index in [0.717, 1.165) is 24.0 Å². The molecule has 2 aromatic carbocycles. The number of unbranched alkanes of at least 4 members (excludes halogenated alkanes) is 3. The number of hydrogen-bond acceptors (Lipinski definition) is 3. The van der Waals surface area contributed by atoms with Crippen molar-refractivity contribution in [1.29, 1.82) is 0 Å². The van der Waals surface area contributed by atoms with Gasteiger partial charge in [-0.15, -0.1) is 0 Å². The number of carbonyl (C=O) groups is 1. The van der Waals surface area contributed by atoms with Gasteiger partial charge in [-0.25, -0.2) is 4.79 Å². The van der Waals surface area contributed by atoms with Crippen molar-refractivity contribution in [2.45, 2.75) is 39.0 Å². The summed E-state index contributed by atoms with van der Waals surface area (Å²) in [5, 5.41) is 0. The number of para-hydroxylation sites is 1. The zero-order chi connectivity index (χ0) is 18.6. The summed E-state index contributed by atoms with van der Waals surface area (Å²) in [6, 6.07) is 17.5. The van der Waals surface area contributed by atoms with Gasteiger partial charge in [0, 0.05) is 6.21 Å². The van der Waals surface area contributed by atoms with Gasteiger partial charge in [0.15, 0.2) is 0 Å². The second-order valence-corrected chi connectivity index (χ2v) is 6.21. The molecule has 2 aromatic rings. The maximum atomic E-state index is 11.9. The first kappa shape index (κ1) is 19.6. The first-order chi connectivity index (χ1) is 12.7. The number of hydrogen-bond donors (Lipinski definition) is 0. The van der Waals surface area contributed by atoms with Gasteiger partial charge in [0.1, 0.15) is 0 Å². The molecule has 3 heteroatoms. The number of nitrogens with zero attached hydrogens (tertiary/aromatic N) is 1. The predicted octanol–water partition coefficient (Wildman–Crippen LogP) is 6.23. The van der Waals surface area contributed by atoms with Crippen LogP contribution in [0.3, 0.4) is 0 Å². The summed E-state index contributed by atoms with van der Waals surface area (Å²) >= 11 is 0. The van der Waals surface area contributed by atoms with E-state index in [9.17, 15) is 4.79 Å². The minimum Gasteiger partial charge on any atom is -0.465 e. The van der Waals surface area contributed by atoms with Crippen LogP contribution in [0.25, 0.3) is 6.08 Å². The molecule has 0 fully saturated rings. The Morgan fingerprint density at radius 3 is 2.46 bits per heavy atom. The summed E-state index contributed by atoms with van der Waals surface area (Å²) < 4.78 is 4.84. The van der Waals surface area contributed by atoms with Gasteiger partial charge < -0.3 is 4.74 Å². The third-order valence-electron chi connectivity index (χ3n) is 4.15. The summed E-state index contributed by atoms with van der Waals surface area (Å²) in [5.41, 5.74) is 3.43. The maximum Gasteiger partial charge on any atom is 0.340 e. The Kier molecular flexibility index (Phi) is 8.34. The first-order valence-electron chi connectivity index (χ1n) is 9.21. The molecule has 0 aromatic heterocycles. The highest BCUT2D eigenvalue weighted by atomic mass is 16.5. The molecule has 26 heavy (non-hydrogen) atoms. The van der Waals surface area contributed by atoms with Gasteiger partial charge >= 0.3 is 5.97 Å². The van der Waals surface area contributed by atoms with E-state index >= 15 is 0 Å². The van der Waals surface area contributed by atoms with E-state index in [1.165, 1.54) is 26.4 Å². The fourth-order valence-electron chi connectivity index (χ4n) is 2.71. The topological polar surface area (TPSA) is 38.7 Å². The molecule has 0 radical (unpaired) electrons. The van der Waals surface area contributed by atoms with Crippen LogP contribution in [-0.2, 0) is 4.74 Å². The van der Waals surface area contributed by atoms with Gasteiger partial charge in [-0.05, 0) is 36.1 Å². The lowest BCUT2D eigenvalue weighted by Gasteiger charge is -2.05. The second-order valence-electron chi connectivity index (χ2n) is 6.21. The third-order valence-corrected chi connectivity index (χ3v) is 4.15. The Morgan fingerprint density at radius 2 is 1.73 bits per heavy atom. The van der Waals surface area contributed by atoms with E-state index in [4.69, 9.17) is 4.74 Å². The number of methoxy groups -OCH3 is 1. The largest absolute Gasteiger partial charge is 0.465 e. The Labute approximate surface area is 156 Å². The van der Waals surface area contributed by atoms with Gasteiger partial charge in [0.25, 0.3) is 0 Å². The minimum atomic E-state index is -0.366. The maximum absolute atomic E-state index is 11.9. The van der Waals surface area contributed by atoms with Gasteiger partial charge in [-0.2, -0.15) is 0 Å². The van der Waals surface area contributed by atoms with E-state index in [1.54, 1.807) is 6.07 Å². The van der Waals surface area contributed by atoms with Crippen LogP contribution in [0.4, 0.5) is 5.69 Å². The number of ether oxygens (including phenoxy) is 1. The van der Waals surface area contributed by atoms with Crippen molar-refractivity contribution < 1.29 is 9.53 Å². The van der Waals surface area contributed by atoms with Gasteiger partial charge in [-0.1, -0.05) is 74.7 Å². The van der Waals surface area contributed by atoms with Crippen LogP contribution in [0.1, 0.15) is 54.9 Å². The Hall–Kier alpha value is -2.68. The summed E-state index contributed by atoms with van der Waals surface area (Å²) in [6.07, 6.45) is 9.83. The molecule has 0 aliphatic rings. The number of carbonyl (C=O) groups excluding carboxylic acids is 1. The fraction of sp³-hybridized carbons (Fsp3) is 0.304. The SMILES string of the molecule is CCCCCC/C(C=Nc1ccccc1C(=O)OC)=C/c1ccccc1. The standard InChI is InChI=1S/C23H27NO2/c1-3-4-5-7-14-20(17-19-12-8-6-9-13-19)18-24-22-16-11-10-15-21(22)23(25)26-2/h6,8-13,15-18H,3-5,7,14H2,1-2H3/b20-17-,24-18?. The molecule has 136 valence electrons. The summed E-state index contributed by atoms with van der Waals surface area (Å²) in [4.78, 5) is 16.5. The summed E-state index contributed by atoms with van der Waals surface area (Å²) in [5.74, 6) is -0.366. The molecular formula is C23H27NO2. The molecule has 0 aliphatic carbocycles. The predicted molar refractivity (Wildman–Crippen MR) is 109 cm³/mol. The molecule has 3 nitrogen and oxygen atoms in total. The number of allylic oxidation sites excluding steroid dienone is 1. The molecule has 0 aliphatic heterocycles. The van der Waals surface area contributed by atoms with Crippen LogP contribution in [0.15, 0.2) is 65.2 Å². The quantitative estimate of drug-likeness (QED) is 0.306. The number of benzene rings is 2. The Balaban J connectivity index is 2.22. The zero-order valence-electron chi connectivity index (χ0n) is 15.7. The van der Waals surface area contributed by atoms with Gasteiger partial charge in [0.2, 0.25) is 0 Å². The lowest BCUT2D eigenvalue weighted by molar-refractivity contribution is 0.0601. The van der Waals surface area contributed by atoms with Crippen molar-refractivity contribution in [2.24, 2.45) is 4.99 Å². The van der Waals surface area contributed by atoms with E-state index in [1.807, 2.05) is 42.6 Å². The molecule has 0 N–H and O–H groups in total. The van der Waals surface area contributed by atoms with Gasteiger partial charge in [0.05, 0.1) is 18.4 Å². The van der Waals surface area contributed by atoms with Crippen LogP contribution in [0.2, 0.25) is 0 Å².